The van der Waals surface area contributed by atoms with Gasteiger partial charge in [-0.15, -0.1) is 0 Å². The second kappa shape index (κ2) is 4.66. The predicted molar refractivity (Wildman–Crippen MR) is 67.6 cm³/mol. The van der Waals surface area contributed by atoms with Gasteiger partial charge in [0.25, 0.3) is 0 Å². The fraction of sp³-hybridized carbons (Fsp3) is 1.00. The highest BCUT2D eigenvalue weighted by molar-refractivity contribution is 5.01. The molecule has 1 aliphatic carbocycles. The molecule has 0 aromatic rings. The van der Waals surface area contributed by atoms with E-state index in [0.29, 0.717) is 5.54 Å². The smallest absolute Gasteiger partial charge is 0.0336 e. The van der Waals surface area contributed by atoms with E-state index in [2.05, 4.69) is 10.2 Å². The normalized spacial score (nSPS) is 35.6. The van der Waals surface area contributed by atoms with E-state index in [0.717, 1.165) is 6.04 Å². The summed E-state index contributed by atoms with van der Waals surface area (Å²) in [5.41, 5.74) is 0.550. The molecular formula is C14H26N2. The maximum absolute atomic E-state index is 3.72. The molecule has 1 unspecified atom stereocenters. The number of rotatable bonds is 0. The molecule has 2 nitrogen and oxygen atoms in total. The summed E-state index contributed by atoms with van der Waals surface area (Å²) >= 11 is 0. The van der Waals surface area contributed by atoms with Crippen molar-refractivity contribution in [3.8, 4) is 0 Å². The van der Waals surface area contributed by atoms with E-state index in [4.69, 9.17) is 0 Å². The molecule has 2 saturated heterocycles. The molecule has 2 heterocycles. The molecule has 92 valence electrons. The highest BCUT2D eigenvalue weighted by Crippen LogP contribution is 2.38. The Morgan fingerprint density at radius 1 is 0.938 bits per heavy atom. The van der Waals surface area contributed by atoms with E-state index in [1.165, 1.54) is 77.4 Å². The van der Waals surface area contributed by atoms with Crippen LogP contribution in [0, 0.1) is 0 Å². The SMILES string of the molecule is C1CCCC2(CC1)CNCCC1CCCN12. The molecule has 0 amide bonds. The van der Waals surface area contributed by atoms with Gasteiger partial charge in [-0.2, -0.15) is 0 Å². The van der Waals surface area contributed by atoms with Gasteiger partial charge in [-0.1, -0.05) is 25.7 Å². The predicted octanol–water partition coefficient (Wildman–Crippen LogP) is 2.54. The highest BCUT2D eigenvalue weighted by atomic mass is 15.3. The van der Waals surface area contributed by atoms with Crippen LogP contribution in [0.3, 0.4) is 0 Å². The Labute approximate surface area is 99.8 Å². The van der Waals surface area contributed by atoms with Crippen LogP contribution in [0.25, 0.3) is 0 Å². The first kappa shape index (κ1) is 11.0. The van der Waals surface area contributed by atoms with Gasteiger partial charge in [0.2, 0.25) is 0 Å². The van der Waals surface area contributed by atoms with Gasteiger partial charge in [-0.05, 0) is 45.2 Å². The molecule has 1 spiro atoms. The molecule has 1 atom stereocenters. The summed E-state index contributed by atoms with van der Waals surface area (Å²) in [6.45, 7) is 3.90. The van der Waals surface area contributed by atoms with Gasteiger partial charge in [0, 0.05) is 18.1 Å². The zero-order valence-corrected chi connectivity index (χ0v) is 10.5. The maximum atomic E-state index is 3.72. The van der Waals surface area contributed by atoms with Crippen molar-refractivity contribution in [2.45, 2.75) is 69.4 Å². The van der Waals surface area contributed by atoms with E-state index >= 15 is 0 Å². The molecule has 16 heavy (non-hydrogen) atoms. The number of nitrogens with zero attached hydrogens (tertiary/aromatic N) is 1. The molecule has 3 fully saturated rings. The zero-order valence-electron chi connectivity index (χ0n) is 10.5. The van der Waals surface area contributed by atoms with E-state index in [9.17, 15) is 0 Å². The third-order valence-corrected chi connectivity index (χ3v) is 5.13. The minimum absolute atomic E-state index is 0.550. The largest absolute Gasteiger partial charge is 0.315 e. The number of fused-ring (bicyclic) bond motifs is 2. The Bertz CT molecular complexity index is 225. The van der Waals surface area contributed by atoms with Crippen molar-refractivity contribution in [2.24, 2.45) is 0 Å². The second-order valence-corrected chi connectivity index (χ2v) is 6.09. The fourth-order valence-electron chi connectivity index (χ4n) is 4.30. The Hall–Kier alpha value is -0.0800. The zero-order chi connectivity index (χ0) is 10.8. The van der Waals surface area contributed by atoms with Crippen LogP contribution in [0.1, 0.15) is 57.8 Å². The van der Waals surface area contributed by atoms with Gasteiger partial charge in [-0.3, -0.25) is 4.90 Å². The fourth-order valence-corrected chi connectivity index (χ4v) is 4.30. The van der Waals surface area contributed by atoms with Crippen molar-refractivity contribution in [3.63, 3.8) is 0 Å². The van der Waals surface area contributed by atoms with Crippen molar-refractivity contribution < 1.29 is 0 Å². The lowest BCUT2D eigenvalue weighted by molar-refractivity contribution is 0.0706. The molecule has 1 saturated carbocycles. The van der Waals surface area contributed by atoms with Crippen LogP contribution in [0.2, 0.25) is 0 Å². The van der Waals surface area contributed by atoms with Gasteiger partial charge < -0.3 is 5.32 Å². The van der Waals surface area contributed by atoms with Crippen molar-refractivity contribution in [1.82, 2.24) is 10.2 Å². The third-order valence-electron chi connectivity index (χ3n) is 5.13. The van der Waals surface area contributed by atoms with Gasteiger partial charge in [0.1, 0.15) is 0 Å². The third kappa shape index (κ3) is 1.91. The first-order valence-corrected chi connectivity index (χ1v) is 7.38. The van der Waals surface area contributed by atoms with Crippen LogP contribution >= 0.6 is 0 Å². The van der Waals surface area contributed by atoms with Crippen molar-refractivity contribution in [3.05, 3.63) is 0 Å². The summed E-state index contributed by atoms with van der Waals surface area (Å²) < 4.78 is 0. The monoisotopic (exact) mass is 222 g/mol. The molecule has 2 aliphatic heterocycles. The highest BCUT2D eigenvalue weighted by Gasteiger charge is 2.43. The minimum Gasteiger partial charge on any atom is -0.315 e. The summed E-state index contributed by atoms with van der Waals surface area (Å²) in [4.78, 5) is 2.92. The van der Waals surface area contributed by atoms with E-state index < -0.39 is 0 Å². The maximum Gasteiger partial charge on any atom is 0.0336 e. The van der Waals surface area contributed by atoms with Gasteiger partial charge >= 0.3 is 0 Å². The Morgan fingerprint density at radius 2 is 1.75 bits per heavy atom. The van der Waals surface area contributed by atoms with E-state index in [1.807, 2.05) is 0 Å². The van der Waals surface area contributed by atoms with Crippen molar-refractivity contribution in [1.29, 1.82) is 0 Å². The van der Waals surface area contributed by atoms with Crippen molar-refractivity contribution in [2.75, 3.05) is 19.6 Å². The average molecular weight is 222 g/mol. The summed E-state index contributed by atoms with van der Waals surface area (Å²) in [7, 11) is 0. The van der Waals surface area contributed by atoms with Gasteiger partial charge in [0.15, 0.2) is 0 Å². The summed E-state index contributed by atoms with van der Waals surface area (Å²) in [5.74, 6) is 0. The lowest BCUT2D eigenvalue weighted by Crippen LogP contribution is -2.54. The molecule has 0 aromatic heterocycles. The van der Waals surface area contributed by atoms with E-state index in [1.54, 1.807) is 0 Å². The second-order valence-electron chi connectivity index (χ2n) is 6.09. The van der Waals surface area contributed by atoms with Crippen LogP contribution in [0.4, 0.5) is 0 Å². The standard InChI is InChI=1S/C14H26N2/c1-2-4-9-14(8-3-1)12-15-10-7-13-6-5-11-16(13)14/h13,15H,1-12H2. The lowest BCUT2D eigenvalue weighted by atomic mass is 9.87. The number of hydrogen-bond acceptors (Lipinski definition) is 2. The molecule has 3 rings (SSSR count). The van der Waals surface area contributed by atoms with Crippen LogP contribution in [0.15, 0.2) is 0 Å². The lowest BCUT2D eigenvalue weighted by Gasteiger charge is -2.43. The molecule has 2 heteroatoms. The van der Waals surface area contributed by atoms with E-state index in [-0.39, 0.29) is 0 Å². The molecule has 0 bridgehead atoms. The first-order valence-electron chi connectivity index (χ1n) is 7.38. The summed E-state index contributed by atoms with van der Waals surface area (Å²) in [6.07, 6.45) is 13.1. The Morgan fingerprint density at radius 3 is 2.56 bits per heavy atom. The van der Waals surface area contributed by atoms with Gasteiger partial charge in [0.05, 0.1) is 0 Å². The summed E-state index contributed by atoms with van der Waals surface area (Å²) in [6, 6.07) is 0.910. The number of nitrogens with one attached hydrogen (secondary N) is 1. The van der Waals surface area contributed by atoms with Crippen LogP contribution in [-0.2, 0) is 0 Å². The topological polar surface area (TPSA) is 15.3 Å². The van der Waals surface area contributed by atoms with Crippen LogP contribution in [-0.4, -0.2) is 36.1 Å². The van der Waals surface area contributed by atoms with Crippen LogP contribution < -0.4 is 5.32 Å². The molecular weight excluding hydrogens is 196 g/mol. The molecule has 1 N–H and O–H groups in total. The quantitative estimate of drug-likeness (QED) is 0.677. The molecule has 0 radical (unpaired) electrons. The van der Waals surface area contributed by atoms with Gasteiger partial charge in [-0.25, -0.2) is 0 Å². The summed E-state index contributed by atoms with van der Waals surface area (Å²) in [5, 5.41) is 3.72. The molecule has 3 aliphatic rings. The first-order chi connectivity index (χ1) is 7.91. The minimum atomic E-state index is 0.550. The Kier molecular flexibility index (Phi) is 3.21. The average Bonchev–Trinajstić information content (AvgIpc) is 2.56. The van der Waals surface area contributed by atoms with Crippen molar-refractivity contribution >= 4 is 0 Å². The van der Waals surface area contributed by atoms with Crippen LogP contribution in [0.5, 0.6) is 0 Å². The Balaban J connectivity index is 1.83. The number of hydrogen-bond donors (Lipinski definition) is 1. The molecule has 0 aromatic carbocycles.